The van der Waals surface area contributed by atoms with E-state index in [1.807, 2.05) is 44.2 Å². The van der Waals surface area contributed by atoms with Gasteiger partial charge in [0.2, 0.25) is 0 Å². The van der Waals surface area contributed by atoms with Crippen molar-refractivity contribution < 1.29 is 14.4 Å². The van der Waals surface area contributed by atoms with Gasteiger partial charge in [0.05, 0.1) is 6.54 Å². The van der Waals surface area contributed by atoms with Gasteiger partial charge in [-0.25, -0.2) is 4.79 Å². The van der Waals surface area contributed by atoms with Crippen LogP contribution in [-0.4, -0.2) is 34.2 Å². The quantitative estimate of drug-likeness (QED) is 0.610. The highest BCUT2D eigenvalue weighted by atomic mass is 16.2. The van der Waals surface area contributed by atoms with Crippen molar-refractivity contribution in [2.24, 2.45) is 5.92 Å². The minimum atomic E-state index is -0.741. The molecular formula is C14H16N2O3. The maximum absolute atomic E-state index is 12.1. The summed E-state index contributed by atoms with van der Waals surface area (Å²) in [7, 11) is 0. The molecule has 0 atom stereocenters. The van der Waals surface area contributed by atoms with Crippen LogP contribution in [0.15, 0.2) is 30.3 Å². The highest BCUT2D eigenvalue weighted by Gasteiger charge is 2.44. The zero-order valence-electron chi connectivity index (χ0n) is 11.0. The fourth-order valence-electron chi connectivity index (χ4n) is 1.98. The van der Waals surface area contributed by atoms with Gasteiger partial charge in [-0.1, -0.05) is 44.2 Å². The van der Waals surface area contributed by atoms with Crippen molar-refractivity contribution in [2.75, 3.05) is 6.54 Å². The lowest BCUT2D eigenvalue weighted by Crippen LogP contribution is -2.35. The van der Waals surface area contributed by atoms with Crippen LogP contribution in [0.25, 0.3) is 0 Å². The summed E-state index contributed by atoms with van der Waals surface area (Å²) in [6.07, 6.45) is 0. The Labute approximate surface area is 111 Å². The molecule has 1 fully saturated rings. The standard InChI is InChI=1S/C14H16N2O3/c1-10(2)8-15-12(17)13(18)16(14(15)19)9-11-6-4-3-5-7-11/h3-7,10H,8-9H2,1-2H3. The summed E-state index contributed by atoms with van der Waals surface area (Å²) in [5, 5.41) is 0. The number of rotatable bonds is 4. The first-order valence-electron chi connectivity index (χ1n) is 6.22. The van der Waals surface area contributed by atoms with Crippen LogP contribution in [0.1, 0.15) is 19.4 Å². The molecule has 0 N–H and O–H groups in total. The molecule has 19 heavy (non-hydrogen) atoms. The molecule has 0 unspecified atom stereocenters. The van der Waals surface area contributed by atoms with E-state index in [0.717, 1.165) is 15.4 Å². The molecule has 1 aromatic carbocycles. The zero-order chi connectivity index (χ0) is 14.0. The van der Waals surface area contributed by atoms with Gasteiger partial charge in [0.25, 0.3) is 0 Å². The van der Waals surface area contributed by atoms with Gasteiger partial charge in [-0.05, 0) is 11.5 Å². The number of nitrogens with zero attached hydrogens (tertiary/aromatic N) is 2. The summed E-state index contributed by atoms with van der Waals surface area (Å²) >= 11 is 0. The number of carbonyl (C=O) groups is 3. The third-order valence-electron chi connectivity index (χ3n) is 2.87. The van der Waals surface area contributed by atoms with Crippen molar-refractivity contribution in [3.63, 3.8) is 0 Å². The van der Waals surface area contributed by atoms with Crippen molar-refractivity contribution in [1.82, 2.24) is 9.80 Å². The van der Waals surface area contributed by atoms with Crippen LogP contribution in [0.2, 0.25) is 0 Å². The smallest absolute Gasteiger partial charge is 0.263 e. The second-order valence-electron chi connectivity index (χ2n) is 4.97. The zero-order valence-corrected chi connectivity index (χ0v) is 11.0. The van der Waals surface area contributed by atoms with Crippen LogP contribution >= 0.6 is 0 Å². The van der Waals surface area contributed by atoms with E-state index < -0.39 is 17.8 Å². The fraction of sp³-hybridized carbons (Fsp3) is 0.357. The lowest BCUT2D eigenvalue weighted by atomic mass is 10.2. The van der Waals surface area contributed by atoms with E-state index in [-0.39, 0.29) is 19.0 Å². The van der Waals surface area contributed by atoms with Gasteiger partial charge >= 0.3 is 17.8 Å². The van der Waals surface area contributed by atoms with Crippen LogP contribution in [-0.2, 0) is 16.1 Å². The molecule has 5 nitrogen and oxygen atoms in total. The van der Waals surface area contributed by atoms with Crippen molar-refractivity contribution in [1.29, 1.82) is 0 Å². The Bertz CT molecular complexity index is 511. The molecule has 5 heteroatoms. The van der Waals surface area contributed by atoms with Crippen LogP contribution < -0.4 is 0 Å². The number of imide groups is 2. The molecule has 1 aliphatic rings. The predicted octanol–water partition coefficient (Wildman–Crippen LogP) is 1.63. The highest BCUT2D eigenvalue weighted by Crippen LogP contribution is 2.17. The molecule has 0 aromatic heterocycles. The maximum Gasteiger partial charge on any atom is 0.334 e. The van der Waals surface area contributed by atoms with Gasteiger partial charge in [-0.15, -0.1) is 0 Å². The van der Waals surface area contributed by atoms with Gasteiger partial charge in [0.15, 0.2) is 0 Å². The summed E-state index contributed by atoms with van der Waals surface area (Å²) < 4.78 is 0. The third kappa shape index (κ3) is 2.65. The molecule has 4 amide bonds. The topological polar surface area (TPSA) is 57.7 Å². The van der Waals surface area contributed by atoms with E-state index in [2.05, 4.69) is 0 Å². The Morgan fingerprint density at radius 2 is 1.53 bits per heavy atom. The van der Waals surface area contributed by atoms with Crippen LogP contribution in [0.3, 0.4) is 0 Å². The molecule has 0 aliphatic carbocycles. The largest absolute Gasteiger partial charge is 0.334 e. The van der Waals surface area contributed by atoms with Crippen LogP contribution in [0, 0.1) is 5.92 Å². The monoisotopic (exact) mass is 260 g/mol. The molecule has 0 spiro atoms. The number of carbonyl (C=O) groups excluding carboxylic acids is 3. The fourth-order valence-corrected chi connectivity index (χ4v) is 1.98. The summed E-state index contributed by atoms with van der Waals surface area (Å²) in [6, 6.07) is 8.62. The summed E-state index contributed by atoms with van der Waals surface area (Å²) in [5.41, 5.74) is 0.823. The van der Waals surface area contributed by atoms with Gasteiger partial charge in [0.1, 0.15) is 0 Å². The van der Waals surface area contributed by atoms with Crippen LogP contribution in [0.4, 0.5) is 4.79 Å². The maximum atomic E-state index is 12.1. The average molecular weight is 260 g/mol. The lowest BCUT2D eigenvalue weighted by Gasteiger charge is -2.17. The second kappa shape index (κ2) is 5.22. The van der Waals surface area contributed by atoms with E-state index in [1.54, 1.807) is 0 Å². The molecular weight excluding hydrogens is 244 g/mol. The molecule has 2 rings (SSSR count). The first-order chi connectivity index (χ1) is 9.00. The number of urea groups is 1. The lowest BCUT2D eigenvalue weighted by molar-refractivity contribution is -0.143. The van der Waals surface area contributed by atoms with E-state index in [0.29, 0.717) is 0 Å². The molecule has 1 saturated heterocycles. The summed E-state index contributed by atoms with van der Waals surface area (Å²) in [4.78, 5) is 37.7. The van der Waals surface area contributed by atoms with Crippen molar-refractivity contribution in [2.45, 2.75) is 20.4 Å². The van der Waals surface area contributed by atoms with Gasteiger partial charge < -0.3 is 0 Å². The molecule has 0 bridgehead atoms. The second-order valence-corrected chi connectivity index (χ2v) is 4.97. The summed E-state index contributed by atoms with van der Waals surface area (Å²) in [5.74, 6) is -1.33. The first kappa shape index (κ1) is 13.3. The van der Waals surface area contributed by atoms with E-state index in [1.165, 1.54) is 0 Å². The van der Waals surface area contributed by atoms with E-state index >= 15 is 0 Å². The van der Waals surface area contributed by atoms with Crippen molar-refractivity contribution in [3.8, 4) is 0 Å². The van der Waals surface area contributed by atoms with E-state index in [9.17, 15) is 14.4 Å². The van der Waals surface area contributed by atoms with E-state index in [4.69, 9.17) is 0 Å². The highest BCUT2D eigenvalue weighted by molar-refractivity contribution is 6.44. The third-order valence-corrected chi connectivity index (χ3v) is 2.87. The Kier molecular flexibility index (Phi) is 3.64. The number of benzene rings is 1. The Morgan fingerprint density at radius 1 is 0.947 bits per heavy atom. The average Bonchev–Trinajstić information content (AvgIpc) is 2.57. The molecule has 0 saturated carbocycles. The Hall–Kier alpha value is -2.17. The van der Waals surface area contributed by atoms with Crippen LogP contribution in [0.5, 0.6) is 0 Å². The first-order valence-corrected chi connectivity index (χ1v) is 6.22. The number of hydrogen-bond donors (Lipinski definition) is 0. The van der Waals surface area contributed by atoms with Gasteiger partial charge in [-0.2, -0.15) is 0 Å². The van der Waals surface area contributed by atoms with Crippen molar-refractivity contribution in [3.05, 3.63) is 35.9 Å². The Balaban J connectivity index is 2.16. The predicted molar refractivity (Wildman–Crippen MR) is 68.9 cm³/mol. The SMILES string of the molecule is CC(C)CN1C(=O)C(=O)N(Cc2ccccc2)C1=O. The minimum Gasteiger partial charge on any atom is -0.263 e. The van der Waals surface area contributed by atoms with Crippen molar-refractivity contribution >= 4 is 17.8 Å². The molecule has 1 aliphatic heterocycles. The number of amides is 4. The summed E-state index contributed by atoms with van der Waals surface area (Å²) in [6.45, 7) is 4.20. The Morgan fingerprint density at radius 3 is 2.11 bits per heavy atom. The molecule has 0 radical (unpaired) electrons. The molecule has 1 heterocycles. The molecule has 100 valence electrons. The van der Waals surface area contributed by atoms with Gasteiger partial charge in [-0.3, -0.25) is 19.4 Å². The molecule has 1 aromatic rings. The van der Waals surface area contributed by atoms with Gasteiger partial charge in [0, 0.05) is 6.54 Å². The minimum absolute atomic E-state index is 0.136. The number of hydrogen-bond acceptors (Lipinski definition) is 3. The normalized spacial score (nSPS) is 15.8.